The molecular formula is C22H28N2O4. The first-order chi connectivity index (χ1) is 13.7. The van der Waals surface area contributed by atoms with Crippen molar-refractivity contribution in [3.8, 4) is 11.5 Å². The molecule has 28 heavy (non-hydrogen) atoms. The second-order valence-electron chi connectivity index (χ2n) is 6.70. The van der Waals surface area contributed by atoms with Gasteiger partial charge in [-0.25, -0.2) is 0 Å². The number of carbonyl (C=O) groups is 1. The minimum absolute atomic E-state index is 0.0483. The average molecular weight is 384 g/mol. The van der Waals surface area contributed by atoms with Crippen LogP contribution in [0.15, 0.2) is 42.5 Å². The number of unbranched alkanes of at least 4 members (excludes halogenated alkanes) is 1. The first-order valence-electron chi connectivity index (χ1n) is 9.65. The Hall–Kier alpha value is -2.73. The van der Waals surface area contributed by atoms with Crippen LogP contribution in [0.25, 0.3) is 0 Å². The summed E-state index contributed by atoms with van der Waals surface area (Å²) < 4.78 is 16.3. The van der Waals surface area contributed by atoms with E-state index in [-0.39, 0.29) is 12.1 Å². The van der Waals surface area contributed by atoms with Crippen molar-refractivity contribution >= 4 is 11.6 Å². The van der Waals surface area contributed by atoms with Crippen LogP contribution in [0.5, 0.6) is 11.5 Å². The number of nitrogens with zero attached hydrogens (tertiary/aromatic N) is 1. The molecule has 6 nitrogen and oxygen atoms in total. The quantitative estimate of drug-likeness (QED) is 0.660. The number of ether oxygens (including phenoxy) is 3. The normalized spacial score (nSPS) is 15.8. The van der Waals surface area contributed by atoms with Crippen molar-refractivity contribution < 1.29 is 19.0 Å². The Morgan fingerprint density at radius 3 is 2.64 bits per heavy atom. The number of para-hydroxylation sites is 1. The summed E-state index contributed by atoms with van der Waals surface area (Å²) in [5.41, 5.74) is 2.51. The lowest BCUT2D eigenvalue weighted by molar-refractivity contribution is 0.0680. The van der Waals surface area contributed by atoms with Crippen molar-refractivity contribution in [2.24, 2.45) is 0 Å². The van der Waals surface area contributed by atoms with Crippen molar-refractivity contribution in [1.82, 2.24) is 4.90 Å². The fraction of sp³-hybridized carbons (Fsp3) is 0.409. The number of hydrogen-bond acceptors (Lipinski definition) is 5. The lowest BCUT2D eigenvalue weighted by Crippen LogP contribution is -2.43. The molecule has 150 valence electrons. The standard InChI is InChI=1S/C22H28N2O4/c1-4-5-12-24-21(23-18-9-7-6-8-17(18)22(24)25)16-10-11-19(20(15-16)27-3)28-14-13-26-2/h6-11,15,21,23H,4-5,12-14H2,1-3H3. The van der Waals surface area contributed by atoms with Crippen LogP contribution in [0.4, 0.5) is 5.69 Å². The number of fused-ring (bicyclic) bond motifs is 1. The molecule has 6 heteroatoms. The fourth-order valence-corrected chi connectivity index (χ4v) is 3.32. The number of nitrogens with one attached hydrogen (secondary N) is 1. The van der Waals surface area contributed by atoms with Crippen molar-refractivity contribution in [2.45, 2.75) is 25.9 Å². The van der Waals surface area contributed by atoms with Crippen LogP contribution in [0.2, 0.25) is 0 Å². The third-order valence-corrected chi connectivity index (χ3v) is 4.82. The van der Waals surface area contributed by atoms with Crippen LogP contribution >= 0.6 is 0 Å². The molecule has 0 saturated heterocycles. The van der Waals surface area contributed by atoms with Gasteiger partial charge in [-0.2, -0.15) is 0 Å². The molecule has 1 amide bonds. The molecule has 0 saturated carbocycles. The van der Waals surface area contributed by atoms with E-state index in [0.29, 0.717) is 36.8 Å². The Morgan fingerprint density at radius 2 is 1.89 bits per heavy atom. The molecule has 1 unspecified atom stereocenters. The second-order valence-corrected chi connectivity index (χ2v) is 6.70. The summed E-state index contributed by atoms with van der Waals surface area (Å²) in [6.07, 6.45) is 1.71. The Balaban J connectivity index is 1.92. The summed E-state index contributed by atoms with van der Waals surface area (Å²) in [6.45, 7) is 3.77. The minimum Gasteiger partial charge on any atom is -0.493 e. The topological polar surface area (TPSA) is 60.0 Å². The van der Waals surface area contributed by atoms with Crippen LogP contribution in [-0.2, 0) is 4.74 Å². The highest BCUT2D eigenvalue weighted by Gasteiger charge is 2.32. The molecule has 1 N–H and O–H groups in total. The van der Waals surface area contributed by atoms with Gasteiger partial charge in [0.05, 0.1) is 19.3 Å². The van der Waals surface area contributed by atoms with Crippen LogP contribution in [0.3, 0.4) is 0 Å². The molecule has 1 aliphatic heterocycles. The maximum Gasteiger partial charge on any atom is 0.257 e. The van der Waals surface area contributed by atoms with E-state index in [1.54, 1.807) is 14.2 Å². The zero-order valence-electron chi connectivity index (χ0n) is 16.7. The summed E-state index contributed by atoms with van der Waals surface area (Å²) >= 11 is 0. The van der Waals surface area contributed by atoms with Crippen molar-refractivity contribution in [2.75, 3.05) is 39.3 Å². The molecule has 0 bridgehead atoms. The molecule has 2 aromatic carbocycles. The Labute approximate surface area is 166 Å². The first kappa shape index (κ1) is 20.0. The van der Waals surface area contributed by atoms with E-state index < -0.39 is 0 Å². The van der Waals surface area contributed by atoms with E-state index in [0.717, 1.165) is 24.1 Å². The monoisotopic (exact) mass is 384 g/mol. The number of rotatable bonds is 9. The van der Waals surface area contributed by atoms with E-state index in [1.165, 1.54) is 0 Å². The molecule has 1 atom stereocenters. The molecule has 2 aromatic rings. The number of carbonyl (C=O) groups excluding carboxylic acids is 1. The lowest BCUT2D eigenvalue weighted by Gasteiger charge is -2.38. The van der Waals surface area contributed by atoms with E-state index in [1.807, 2.05) is 47.4 Å². The smallest absolute Gasteiger partial charge is 0.257 e. The third-order valence-electron chi connectivity index (χ3n) is 4.82. The number of benzene rings is 2. The second kappa shape index (κ2) is 9.46. The van der Waals surface area contributed by atoms with Crippen LogP contribution in [0, 0.1) is 0 Å². The Kier molecular flexibility index (Phi) is 6.76. The van der Waals surface area contributed by atoms with E-state index in [9.17, 15) is 4.79 Å². The zero-order valence-corrected chi connectivity index (χ0v) is 16.7. The molecule has 0 fully saturated rings. The van der Waals surface area contributed by atoms with Gasteiger partial charge >= 0.3 is 0 Å². The highest BCUT2D eigenvalue weighted by atomic mass is 16.5. The van der Waals surface area contributed by atoms with Crippen molar-refractivity contribution in [1.29, 1.82) is 0 Å². The van der Waals surface area contributed by atoms with E-state index in [4.69, 9.17) is 14.2 Å². The number of anilines is 1. The van der Waals surface area contributed by atoms with Gasteiger partial charge in [0.15, 0.2) is 11.5 Å². The fourth-order valence-electron chi connectivity index (χ4n) is 3.32. The number of amides is 1. The van der Waals surface area contributed by atoms with Crippen LogP contribution < -0.4 is 14.8 Å². The van der Waals surface area contributed by atoms with Crippen molar-refractivity contribution in [3.63, 3.8) is 0 Å². The number of hydrogen-bond donors (Lipinski definition) is 1. The Bertz CT molecular complexity index is 809. The van der Waals surface area contributed by atoms with Gasteiger partial charge in [0.25, 0.3) is 5.91 Å². The molecule has 1 heterocycles. The maximum atomic E-state index is 13.1. The maximum absolute atomic E-state index is 13.1. The van der Waals surface area contributed by atoms with E-state index >= 15 is 0 Å². The van der Waals surface area contributed by atoms with Gasteiger partial charge in [-0.1, -0.05) is 31.5 Å². The highest BCUT2D eigenvalue weighted by molar-refractivity contribution is 6.01. The SMILES string of the molecule is CCCCN1C(=O)c2ccccc2NC1c1ccc(OCCOC)c(OC)c1. The molecule has 0 aliphatic carbocycles. The summed E-state index contributed by atoms with van der Waals surface area (Å²) in [5.74, 6) is 1.34. The molecule has 3 rings (SSSR count). The first-order valence-corrected chi connectivity index (χ1v) is 9.65. The third kappa shape index (κ3) is 4.22. The average Bonchev–Trinajstić information content (AvgIpc) is 2.73. The van der Waals surface area contributed by atoms with Gasteiger partial charge in [0.2, 0.25) is 0 Å². The molecule has 0 aromatic heterocycles. The molecule has 1 aliphatic rings. The van der Waals surface area contributed by atoms with Crippen LogP contribution in [0.1, 0.15) is 41.9 Å². The van der Waals surface area contributed by atoms with Crippen molar-refractivity contribution in [3.05, 3.63) is 53.6 Å². The predicted molar refractivity (Wildman–Crippen MR) is 109 cm³/mol. The molecular weight excluding hydrogens is 356 g/mol. The van der Waals surface area contributed by atoms with Crippen LogP contribution in [-0.4, -0.2) is 44.8 Å². The summed E-state index contributed by atoms with van der Waals surface area (Å²) in [5, 5.41) is 3.51. The van der Waals surface area contributed by atoms with Gasteiger partial charge in [0, 0.05) is 19.3 Å². The minimum atomic E-state index is -0.254. The lowest BCUT2D eigenvalue weighted by atomic mass is 10.0. The van der Waals surface area contributed by atoms with Gasteiger partial charge in [-0.15, -0.1) is 0 Å². The molecule has 0 radical (unpaired) electrons. The number of methoxy groups -OCH3 is 2. The van der Waals surface area contributed by atoms with Gasteiger partial charge in [0.1, 0.15) is 12.8 Å². The van der Waals surface area contributed by atoms with Gasteiger partial charge in [-0.3, -0.25) is 4.79 Å². The zero-order chi connectivity index (χ0) is 19.9. The summed E-state index contributed by atoms with van der Waals surface area (Å²) in [6, 6.07) is 13.4. The summed E-state index contributed by atoms with van der Waals surface area (Å²) in [7, 11) is 3.25. The van der Waals surface area contributed by atoms with Gasteiger partial charge < -0.3 is 24.4 Å². The largest absolute Gasteiger partial charge is 0.493 e. The predicted octanol–water partition coefficient (Wildman–Crippen LogP) is 4.09. The highest BCUT2D eigenvalue weighted by Crippen LogP contribution is 2.37. The van der Waals surface area contributed by atoms with E-state index in [2.05, 4.69) is 12.2 Å². The summed E-state index contributed by atoms with van der Waals surface area (Å²) in [4.78, 5) is 15.0. The molecule has 0 spiro atoms. The van der Waals surface area contributed by atoms with Gasteiger partial charge in [-0.05, 0) is 36.2 Å². The Morgan fingerprint density at radius 1 is 1.07 bits per heavy atom.